The van der Waals surface area contributed by atoms with Gasteiger partial charge in [0.25, 0.3) is 0 Å². The summed E-state index contributed by atoms with van der Waals surface area (Å²) >= 11 is 3.37. The summed E-state index contributed by atoms with van der Waals surface area (Å²) in [5.41, 5.74) is 1.07. The molecule has 9 heteroatoms. The molecule has 2 aromatic rings. The lowest BCUT2D eigenvalue weighted by atomic mass is 9.93. The van der Waals surface area contributed by atoms with Crippen molar-refractivity contribution in [3.05, 3.63) is 45.6 Å². The molecule has 1 aromatic carbocycles. The number of fused-ring (bicyclic) bond motifs is 1. The van der Waals surface area contributed by atoms with Gasteiger partial charge in [0, 0.05) is 4.47 Å². The molecule has 3 rings (SSSR count). The number of Topliss-reactive ketones (excluding diaryl/α,β-unsaturated/α-hetero) is 1. The lowest BCUT2D eigenvalue weighted by molar-refractivity contribution is -0.136. The molecule has 118 valence electrons. The summed E-state index contributed by atoms with van der Waals surface area (Å²) in [4.78, 5) is 24.3. The molecular weight excluding hydrogens is 366 g/mol. The zero-order valence-electron chi connectivity index (χ0n) is 12.3. The average Bonchev–Trinajstić information content (AvgIpc) is 3.01. The van der Waals surface area contributed by atoms with Gasteiger partial charge in [-0.2, -0.15) is 4.68 Å². The monoisotopic (exact) mass is 377 g/mol. The van der Waals surface area contributed by atoms with E-state index in [1.807, 2.05) is 24.3 Å². The van der Waals surface area contributed by atoms with Crippen molar-refractivity contribution < 1.29 is 14.3 Å². The highest BCUT2D eigenvalue weighted by atomic mass is 79.9. The Morgan fingerprint density at radius 1 is 1.30 bits per heavy atom. The van der Waals surface area contributed by atoms with Crippen molar-refractivity contribution in [2.75, 3.05) is 12.4 Å². The van der Waals surface area contributed by atoms with Crippen molar-refractivity contribution in [3.8, 4) is 0 Å². The largest absolute Gasteiger partial charge is 0.464 e. The van der Waals surface area contributed by atoms with Gasteiger partial charge in [0.2, 0.25) is 5.95 Å². The molecule has 1 aliphatic rings. The van der Waals surface area contributed by atoms with Gasteiger partial charge in [0.1, 0.15) is 11.7 Å². The number of rotatable bonds is 3. The van der Waals surface area contributed by atoms with Crippen LogP contribution in [0, 0.1) is 0 Å². The maximum Gasteiger partial charge on any atom is 0.355 e. The lowest BCUT2D eigenvalue weighted by Gasteiger charge is -2.27. The zero-order chi connectivity index (χ0) is 16.6. The summed E-state index contributed by atoms with van der Waals surface area (Å²) in [6, 6.07) is 6.75. The molecule has 1 atom stereocenters. The van der Waals surface area contributed by atoms with Gasteiger partial charge < -0.3 is 10.1 Å². The average molecular weight is 378 g/mol. The fraction of sp³-hybridized carbons (Fsp3) is 0.214. The van der Waals surface area contributed by atoms with Crippen LogP contribution in [0.1, 0.15) is 18.5 Å². The molecule has 1 unspecified atom stereocenters. The Labute approximate surface area is 139 Å². The number of aromatic nitrogens is 4. The van der Waals surface area contributed by atoms with E-state index in [4.69, 9.17) is 4.74 Å². The third-order valence-electron chi connectivity index (χ3n) is 3.47. The summed E-state index contributed by atoms with van der Waals surface area (Å²) in [6.07, 6.45) is 0. The molecule has 0 amide bonds. The molecule has 1 aromatic heterocycles. The first-order valence-corrected chi connectivity index (χ1v) is 7.46. The fourth-order valence-corrected chi connectivity index (χ4v) is 2.74. The van der Waals surface area contributed by atoms with Gasteiger partial charge in [0.15, 0.2) is 5.78 Å². The number of esters is 1. The molecule has 0 saturated heterocycles. The van der Waals surface area contributed by atoms with E-state index in [1.165, 1.54) is 18.7 Å². The van der Waals surface area contributed by atoms with Crippen LogP contribution in [0.2, 0.25) is 0 Å². The van der Waals surface area contributed by atoms with Crippen LogP contribution in [0.4, 0.5) is 5.95 Å². The fourth-order valence-electron chi connectivity index (χ4n) is 2.47. The molecule has 8 nitrogen and oxygen atoms in total. The molecule has 0 saturated carbocycles. The third-order valence-corrected chi connectivity index (χ3v) is 4.00. The number of halogens is 1. The van der Waals surface area contributed by atoms with Gasteiger partial charge in [0.05, 0.1) is 12.7 Å². The Hall–Kier alpha value is -2.55. The number of nitrogens with zero attached hydrogens (tertiary/aromatic N) is 4. The molecular formula is C14H12BrN5O3. The van der Waals surface area contributed by atoms with Crippen LogP contribution in [0.25, 0.3) is 0 Å². The third kappa shape index (κ3) is 2.63. The Morgan fingerprint density at radius 3 is 2.61 bits per heavy atom. The van der Waals surface area contributed by atoms with Gasteiger partial charge in [-0.1, -0.05) is 33.2 Å². The van der Waals surface area contributed by atoms with E-state index in [-0.39, 0.29) is 23.0 Å². The molecule has 0 radical (unpaired) electrons. The maximum absolute atomic E-state index is 12.2. The van der Waals surface area contributed by atoms with Gasteiger partial charge in [-0.05, 0) is 35.0 Å². The summed E-state index contributed by atoms with van der Waals surface area (Å²) in [6.45, 7) is 1.39. The Bertz CT molecular complexity index is 812. The van der Waals surface area contributed by atoms with Crippen LogP contribution in [0.15, 0.2) is 40.0 Å². The number of carbonyl (C=O) groups is 2. The number of carbonyl (C=O) groups excluding carboxylic acids is 2. The Kier molecular flexibility index (Phi) is 3.95. The quantitative estimate of drug-likeness (QED) is 0.808. The topological polar surface area (TPSA) is 99.0 Å². The number of nitrogens with one attached hydrogen (secondary N) is 1. The first-order valence-electron chi connectivity index (χ1n) is 6.66. The summed E-state index contributed by atoms with van der Waals surface area (Å²) in [5, 5.41) is 14.2. The van der Waals surface area contributed by atoms with E-state index in [2.05, 4.69) is 36.8 Å². The predicted molar refractivity (Wildman–Crippen MR) is 83.4 cm³/mol. The van der Waals surface area contributed by atoms with Gasteiger partial charge in [-0.15, -0.1) is 0 Å². The van der Waals surface area contributed by atoms with Crippen molar-refractivity contribution in [2.45, 2.75) is 13.0 Å². The number of tetrazole rings is 1. The molecule has 0 aliphatic carbocycles. The molecule has 0 bridgehead atoms. The lowest BCUT2D eigenvalue weighted by Crippen LogP contribution is -2.32. The highest BCUT2D eigenvalue weighted by Crippen LogP contribution is 2.35. The number of benzene rings is 1. The number of methoxy groups -OCH3 is 1. The van der Waals surface area contributed by atoms with Crippen LogP contribution in [-0.4, -0.2) is 39.1 Å². The van der Waals surface area contributed by atoms with E-state index in [1.54, 1.807) is 0 Å². The number of hydrogen-bond acceptors (Lipinski definition) is 7. The molecule has 0 fully saturated rings. The first kappa shape index (κ1) is 15.3. The zero-order valence-corrected chi connectivity index (χ0v) is 13.9. The number of allylic oxidation sites excluding steroid dienone is 1. The molecule has 2 heterocycles. The highest BCUT2D eigenvalue weighted by molar-refractivity contribution is 9.10. The maximum atomic E-state index is 12.2. The minimum absolute atomic E-state index is 0.0511. The Balaban J connectivity index is 2.23. The molecule has 23 heavy (non-hydrogen) atoms. The summed E-state index contributed by atoms with van der Waals surface area (Å²) < 4.78 is 7.13. The van der Waals surface area contributed by atoms with Crippen LogP contribution in [0.5, 0.6) is 0 Å². The van der Waals surface area contributed by atoms with E-state index in [9.17, 15) is 9.59 Å². The van der Waals surface area contributed by atoms with Crippen LogP contribution in [0.3, 0.4) is 0 Å². The number of hydrogen-bond donors (Lipinski definition) is 1. The van der Waals surface area contributed by atoms with Crippen LogP contribution < -0.4 is 5.32 Å². The second-order valence-electron chi connectivity index (χ2n) is 4.86. The van der Waals surface area contributed by atoms with Crippen molar-refractivity contribution in [3.63, 3.8) is 0 Å². The van der Waals surface area contributed by atoms with Gasteiger partial charge in [-0.3, -0.25) is 4.79 Å². The minimum atomic E-state index is -0.647. The smallest absolute Gasteiger partial charge is 0.355 e. The molecule has 1 N–H and O–H groups in total. The van der Waals surface area contributed by atoms with E-state index in [0.717, 1.165) is 10.0 Å². The van der Waals surface area contributed by atoms with Crippen molar-refractivity contribution in [1.82, 2.24) is 20.2 Å². The molecule has 1 aliphatic heterocycles. The van der Waals surface area contributed by atoms with Gasteiger partial charge in [-0.25, -0.2) is 4.79 Å². The second-order valence-corrected chi connectivity index (χ2v) is 5.78. The van der Waals surface area contributed by atoms with E-state index < -0.39 is 12.0 Å². The summed E-state index contributed by atoms with van der Waals surface area (Å²) in [5.74, 6) is -0.651. The summed E-state index contributed by atoms with van der Waals surface area (Å²) in [7, 11) is 1.25. The van der Waals surface area contributed by atoms with Crippen molar-refractivity contribution in [1.29, 1.82) is 0 Å². The number of anilines is 1. The van der Waals surface area contributed by atoms with Crippen molar-refractivity contribution >= 4 is 33.6 Å². The second kappa shape index (κ2) is 5.92. The highest BCUT2D eigenvalue weighted by Gasteiger charge is 2.36. The van der Waals surface area contributed by atoms with Crippen molar-refractivity contribution in [2.24, 2.45) is 0 Å². The predicted octanol–water partition coefficient (Wildman–Crippen LogP) is 1.47. The number of ketones is 1. The van der Waals surface area contributed by atoms with Crippen LogP contribution in [-0.2, 0) is 14.3 Å². The number of ether oxygens (including phenoxy) is 1. The Morgan fingerprint density at radius 2 is 2.00 bits per heavy atom. The van der Waals surface area contributed by atoms with Gasteiger partial charge >= 0.3 is 5.97 Å². The van der Waals surface area contributed by atoms with Crippen LogP contribution >= 0.6 is 15.9 Å². The first-order chi connectivity index (χ1) is 11.0. The SMILES string of the molecule is COC(=O)C1=C(C(C)=O)C(c2ccc(Br)cc2)n2nnnc2N1. The van der Waals surface area contributed by atoms with E-state index >= 15 is 0 Å². The molecule has 0 spiro atoms. The standard InChI is InChI=1S/C14H12BrN5O3/c1-7(21)10-11(13(22)23-2)16-14-17-18-19-20(14)12(10)8-3-5-9(15)6-4-8/h3-6,12H,1-2H3,(H,16,17,19). The van der Waals surface area contributed by atoms with E-state index in [0.29, 0.717) is 0 Å². The normalized spacial score (nSPS) is 16.6. The minimum Gasteiger partial charge on any atom is -0.464 e.